The number of sulfone groups is 1. The number of amides is 1. The van der Waals surface area contributed by atoms with Crippen molar-refractivity contribution in [3.05, 3.63) is 48.3 Å². The topological polar surface area (TPSA) is 79.8 Å². The molecule has 1 aromatic heterocycles. The highest BCUT2D eigenvalue weighted by Crippen LogP contribution is 2.34. The van der Waals surface area contributed by atoms with Gasteiger partial charge >= 0.3 is 0 Å². The van der Waals surface area contributed by atoms with Gasteiger partial charge in [0, 0.05) is 6.54 Å². The van der Waals surface area contributed by atoms with Crippen LogP contribution in [0, 0.1) is 5.82 Å². The van der Waals surface area contributed by atoms with Gasteiger partial charge in [-0.05, 0) is 63.5 Å². The van der Waals surface area contributed by atoms with Gasteiger partial charge in [-0.1, -0.05) is 17.4 Å². The van der Waals surface area contributed by atoms with Gasteiger partial charge in [0.05, 0.1) is 16.7 Å². The third kappa shape index (κ3) is 6.16. The maximum Gasteiger partial charge on any atom is 0.244 e. The van der Waals surface area contributed by atoms with Crippen LogP contribution in [0.15, 0.2) is 47.4 Å². The van der Waals surface area contributed by atoms with Gasteiger partial charge in [-0.3, -0.25) is 9.69 Å². The fourth-order valence-electron chi connectivity index (χ4n) is 3.03. The number of hydrogen-bond acceptors (Lipinski definition) is 7. The third-order valence-corrected chi connectivity index (χ3v) is 7.26. The van der Waals surface area contributed by atoms with Crippen molar-refractivity contribution in [2.45, 2.75) is 11.3 Å². The molecular formula is C21H25ClFN3O4S2. The molecule has 0 bridgehead atoms. The molecule has 0 saturated carbocycles. The van der Waals surface area contributed by atoms with Crippen molar-refractivity contribution in [3.63, 3.8) is 0 Å². The number of benzene rings is 2. The third-order valence-electron chi connectivity index (χ3n) is 4.60. The number of hydrogen-bond donors (Lipinski definition) is 0. The van der Waals surface area contributed by atoms with E-state index in [9.17, 15) is 17.6 Å². The van der Waals surface area contributed by atoms with E-state index in [0.717, 1.165) is 35.5 Å². The zero-order valence-corrected chi connectivity index (χ0v) is 20.4. The highest BCUT2D eigenvalue weighted by atomic mass is 35.5. The lowest BCUT2D eigenvalue weighted by atomic mass is 10.3. The predicted molar refractivity (Wildman–Crippen MR) is 127 cm³/mol. The molecule has 0 aliphatic carbocycles. The number of carbonyl (C=O) groups excluding carboxylic acids is 1. The van der Waals surface area contributed by atoms with Crippen molar-refractivity contribution in [1.29, 1.82) is 0 Å². The van der Waals surface area contributed by atoms with Crippen LogP contribution < -0.4 is 9.64 Å². The van der Waals surface area contributed by atoms with Crippen LogP contribution in [-0.2, 0) is 14.6 Å². The van der Waals surface area contributed by atoms with Crippen molar-refractivity contribution in [3.8, 4) is 5.75 Å². The molecule has 0 aliphatic rings. The van der Waals surface area contributed by atoms with Crippen LogP contribution in [0.25, 0.3) is 10.2 Å². The van der Waals surface area contributed by atoms with E-state index in [1.54, 1.807) is 13.2 Å². The van der Waals surface area contributed by atoms with Crippen molar-refractivity contribution in [2.75, 3.05) is 44.9 Å². The van der Waals surface area contributed by atoms with Gasteiger partial charge in [0.25, 0.3) is 0 Å². The summed E-state index contributed by atoms with van der Waals surface area (Å²) in [7, 11) is 1.46. The highest BCUT2D eigenvalue weighted by Gasteiger charge is 2.27. The van der Waals surface area contributed by atoms with Crippen molar-refractivity contribution < 1.29 is 22.3 Å². The summed E-state index contributed by atoms with van der Waals surface area (Å²) in [5, 5.41) is 0.414. The molecule has 1 heterocycles. The summed E-state index contributed by atoms with van der Waals surface area (Å²) in [5.74, 6) is -1.27. The van der Waals surface area contributed by atoms with Crippen LogP contribution in [0.3, 0.4) is 0 Å². The van der Waals surface area contributed by atoms with Crippen LogP contribution in [0.4, 0.5) is 9.52 Å². The smallest absolute Gasteiger partial charge is 0.244 e. The first kappa shape index (κ1) is 26.0. The first-order valence-electron chi connectivity index (χ1n) is 9.58. The Morgan fingerprint density at radius 1 is 1.12 bits per heavy atom. The fraction of sp³-hybridized carbons (Fsp3) is 0.333. The second-order valence-corrected chi connectivity index (χ2v) is 10.2. The quantitative estimate of drug-likeness (QED) is 0.417. The van der Waals surface area contributed by atoms with Crippen molar-refractivity contribution in [2.24, 2.45) is 0 Å². The Morgan fingerprint density at radius 3 is 2.44 bits per heavy atom. The van der Waals surface area contributed by atoms with Crippen molar-refractivity contribution in [1.82, 2.24) is 9.88 Å². The van der Waals surface area contributed by atoms with Crippen LogP contribution >= 0.6 is 23.7 Å². The molecule has 174 valence electrons. The summed E-state index contributed by atoms with van der Waals surface area (Å²) in [6.07, 6.45) is 0.641. The number of carbonyl (C=O) groups is 1. The summed E-state index contributed by atoms with van der Waals surface area (Å²) < 4.78 is 44.8. The lowest BCUT2D eigenvalue weighted by molar-refractivity contribution is -0.116. The average Bonchev–Trinajstić information content (AvgIpc) is 3.14. The summed E-state index contributed by atoms with van der Waals surface area (Å²) in [6, 6.07) is 9.94. The molecule has 0 radical (unpaired) electrons. The summed E-state index contributed by atoms with van der Waals surface area (Å²) >= 11 is 1.30. The Hall–Kier alpha value is -2.27. The number of methoxy groups -OCH3 is 1. The summed E-state index contributed by atoms with van der Waals surface area (Å²) in [6.45, 7) is 1.04. The average molecular weight is 502 g/mol. The summed E-state index contributed by atoms with van der Waals surface area (Å²) in [4.78, 5) is 21.0. The lowest BCUT2D eigenvalue weighted by Gasteiger charge is -2.21. The zero-order valence-electron chi connectivity index (χ0n) is 17.9. The van der Waals surface area contributed by atoms with Gasteiger partial charge in [0.1, 0.15) is 22.8 Å². The van der Waals surface area contributed by atoms with E-state index >= 15 is 0 Å². The molecule has 11 heteroatoms. The molecule has 3 aromatic rings. The zero-order chi connectivity index (χ0) is 22.6. The molecule has 1 amide bonds. The number of aromatic nitrogens is 1. The molecule has 3 rings (SSSR count). The van der Waals surface area contributed by atoms with E-state index in [-0.39, 0.29) is 17.3 Å². The number of halogens is 2. The van der Waals surface area contributed by atoms with Gasteiger partial charge in [0.15, 0.2) is 15.0 Å². The molecule has 2 aromatic carbocycles. The van der Waals surface area contributed by atoms with Gasteiger partial charge in [0.2, 0.25) is 5.91 Å². The first-order chi connectivity index (χ1) is 14.7. The van der Waals surface area contributed by atoms with Gasteiger partial charge in [-0.2, -0.15) is 0 Å². The molecule has 0 fully saturated rings. The minimum absolute atomic E-state index is 0. The van der Waals surface area contributed by atoms with Crippen LogP contribution in [0.1, 0.15) is 6.42 Å². The van der Waals surface area contributed by atoms with Gasteiger partial charge < -0.3 is 9.64 Å². The Balaban J connectivity index is 0.00000363. The van der Waals surface area contributed by atoms with Crippen LogP contribution in [0.2, 0.25) is 0 Å². The Kier molecular flexibility index (Phi) is 8.97. The molecule has 0 atom stereocenters. The molecule has 0 unspecified atom stereocenters. The minimum atomic E-state index is -3.93. The standard InChI is InChI=1S/C21H24FN3O4S2.ClH/c1-24(2)12-5-13-25(21-23-20-17(29-3)6-4-7-18(20)30-21)19(26)14-31(27,28)16-10-8-15(22)9-11-16;/h4,6-11H,5,12-14H2,1-3H3;1H. The van der Waals surface area contributed by atoms with Crippen LogP contribution in [-0.4, -0.2) is 64.3 Å². The van der Waals surface area contributed by atoms with E-state index < -0.39 is 27.3 Å². The lowest BCUT2D eigenvalue weighted by Crippen LogP contribution is -2.37. The molecular weight excluding hydrogens is 477 g/mol. The highest BCUT2D eigenvalue weighted by molar-refractivity contribution is 7.92. The van der Waals surface area contributed by atoms with E-state index in [4.69, 9.17) is 4.74 Å². The van der Waals surface area contributed by atoms with Gasteiger partial charge in [-0.25, -0.2) is 17.8 Å². The SMILES string of the molecule is COc1cccc2sc(N(CCCN(C)C)C(=O)CS(=O)(=O)c3ccc(F)cc3)nc12.Cl. The number of para-hydroxylation sites is 1. The largest absolute Gasteiger partial charge is 0.494 e. The van der Waals surface area contributed by atoms with E-state index in [1.165, 1.54) is 16.2 Å². The van der Waals surface area contributed by atoms with E-state index in [2.05, 4.69) is 4.98 Å². The number of fused-ring (bicyclic) bond motifs is 1. The monoisotopic (exact) mass is 501 g/mol. The molecule has 0 spiro atoms. The fourth-order valence-corrected chi connectivity index (χ4v) is 5.25. The van der Waals surface area contributed by atoms with E-state index in [0.29, 0.717) is 29.4 Å². The number of nitrogens with zero attached hydrogens (tertiary/aromatic N) is 3. The number of thiazole rings is 1. The maximum atomic E-state index is 13.2. The number of ether oxygens (including phenoxy) is 1. The predicted octanol–water partition coefficient (Wildman–Crippen LogP) is 3.62. The molecule has 32 heavy (non-hydrogen) atoms. The van der Waals surface area contributed by atoms with Gasteiger partial charge in [-0.15, -0.1) is 12.4 Å². The molecule has 7 nitrogen and oxygen atoms in total. The van der Waals surface area contributed by atoms with Crippen LogP contribution in [0.5, 0.6) is 5.75 Å². The Morgan fingerprint density at radius 2 is 1.81 bits per heavy atom. The molecule has 0 aliphatic heterocycles. The van der Waals surface area contributed by atoms with E-state index in [1.807, 2.05) is 31.1 Å². The number of rotatable bonds is 9. The minimum Gasteiger partial charge on any atom is -0.494 e. The molecule has 0 N–H and O–H groups in total. The maximum absolute atomic E-state index is 13.2. The number of anilines is 1. The Bertz CT molecular complexity index is 1170. The van der Waals surface area contributed by atoms with Crippen molar-refractivity contribution >= 4 is 54.8 Å². The Labute approximate surface area is 197 Å². The second kappa shape index (κ2) is 11.0. The normalized spacial score (nSPS) is 11.4. The second-order valence-electron chi connectivity index (χ2n) is 7.22. The molecule has 0 saturated heterocycles. The first-order valence-corrected chi connectivity index (χ1v) is 12.0. The summed E-state index contributed by atoms with van der Waals surface area (Å²) in [5.41, 5.74) is 0.622.